The zero-order valence-corrected chi connectivity index (χ0v) is 15.3. The lowest BCUT2D eigenvalue weighted by Gasteiger charge is -2.38. The third-order valence-corrected chi connectivity index (χ3v) is 5.33. The van der Waals surface area contributed by atoms with Crippen LogP contribution in [0.4, 0.5) is 15.8 Å². The number of halogens is 1. The lowest BCUT2D eigenvalue weighted by Crippen LogP contribution is -2.52. The van der Waals surface area contributed by atoms with E-state index in [4.69, 9.17) is 0 Å². The Morgan fingerprint density at radius 1 is 0.926 bits per heavy atom. The number of amides is 2. The lowest BCUT2D eigenvalue weighted by atomic mass is 10.1. The predicted molar refractivity (Wildman–Crippen MR) is 102 cm³/mol. The van der Waals surface area contributed by atoms with Crippen molar-refractivity contribution in [2.75, 3.05) is 36.0 Å². The topological polar surface area (TPSA) is 43.9 Å². The standard InChI is InChI=1S/C21H22FN3O2/c1-15-3-2-4-18(13-15)23-9-11-24(12-10-23)19-14-20(26)25(21(19)27)17-7-5-16(22)6-8-17/h2-8,13,19H,9-12,14H2,1H3/t19-/m0/s1. The number of aryl methyl sites for hydroxylation is 1. The molecule has 0 bridgehead atoms. The highest BCUT2D eigenvalue weighted by Gasteiger charge is 2.43. The number of carbonyl (C=O) groups excluding carboxylic acids is 2. The Balaban J connectivity index is 1.43. The second-order valence-electron chi connectivity index (χ2n) is 7.13. The molecule has 0 saturated carbocycles. The van der Waals surface area contributed by atoms with Crippen molar-refractivity contribution >= 4 is 23.2 Å². The zero-order chi connectivity index (χ0) is 19.0. The highest BCUT2D eigenvalue weighted by Crippen LogP contribution is 2.27. The van der Waals surface area contributed by atoms with E-state index in [2.05, 4.69) is 41.0 Å². The number of imide groups is 1. The van der Waals surface area contributed by atoms with Gasteiger partial charge in [0.05, 0.1) is 18.2 Å². The molecular formula is C21H22FN3O2. The fraction of sp³-hybridized carbons (Fsp3) is 0.333. The number of hydrogen-bond acceptors (Lipinski definition) is 4. The average Bonchev–Trinajstić information content (AvgIpc) is 2.97. The molecule has 0 radical (unpaired) electrons. The van der Waals surface area contributed by atoms with E-state index in [0.717, 1.165) is 26.2 Å². The van der Waals surface area contributed by atoms with Gasteiger partial charge in [-0.2, -0.15) is 0 Å². The Morgan fingerprint density at radius 2 is 1.63 bits per heavy atom. The first-order valence-corrected chi connectivity index (χ1v) is 9.21. The Hall–Kier alpha value is -2.73. The van der Waals surface area contributed by atoms with Crippen molar-refractivity contribution < 1.29 is 14.0 Å². The molecule has 2 fully saturated rings. The van der Waals surface area contributed by atoms with Crippen LogP contribution in [0.25, 0.3) is 0 Å². The summed E-state index contributed by atoms with van der Waals surface area (Å²) in [6.45, 7) is 5.17. The summed E-state index contributed by atoms with van der Waals surface area (Å²) in [5.74, 6) is -0.824. The molecule has 2 aromatic carbocycles. The van der Waals surface area contributed by atoms with Gasteiger partial charge in [0, 0.05) is 31.9 Å². The van der Waals surface area contributed by atoms with E-state index in [1.54, 1.807) is 0 Å². The average molecular weight is 367 g/mol. The van der Waals surface area contributed by atoms with Crippen LogP contribution in [0.1, 0.15) is 12.0 Å². The minimum Gasteiger partial charge on any atom is -0.369 e. The molecule has 2 aromatic rings. The van der Waals surface area contributed by atoms with Crippen LogP contribution in [0.2, 0.25) is 0 Å². The van der Waals surface area contributed by atoms with Gasteiger partial charge in [-0.25, -0.2) is 9.29 Å². The quantitative estimate of drug-likeness (QED) is 0.783. The van der Waals surface area contributed by atoms with Gasteiger partial charge in [-0.05, 0) is 48.9 Å². The molecule has 1 atom stereocenters. The first-order valence-electron chi connectivity index (χ1n) is 9.21. The summed E-state index contributed by atoms with van der Waals surface area (Å²) in [5.41, 5.74) is 2.85. The van der Waals surface area contributed by atoms with Crippen molar-refractivity contribution in [1.82, 2.24) is 4.90 Å². The zero-order valence-electron chi connectivity index (χ0n) is 15.3. The third-order valence-electron chi connectivity index (χ3n) is 5.33. The molecule has 2 heterocycles. The first-order chi connectivity index (χ1) is 13.0. The third kappa shape index (κ3) is 3.45. The fourth-order valence-corrected chi connectivity index (χ4v) is 3.88. The molecule has 2 aliphatic heterocycles. The van der Waals surface area contributed by atoms with Gasteiger partial charge < -0.3 is 4.90 Å². The fourth-order valence-electron chi connectivity index (χ4n) is 3.88. The van der Waals surface area contributed by atoms with E-state index >= 15 is 0 Å². The number of rotatable bonds is 3. The summed E-state index contributed by atoms with van der Waals surface area (Å²) in [7, 11) is 0. The summed E-state index contributed by atoms with van der Waals surface area (Å²) in [4.78, 5) is 30.9. The summed E-state index contributed by atoms with van der Waals surface area (Å²) < 4.78 is 13.1. The summed E-state index contributed by atoms with van der Waals surface area (Å²) in [6, 6.07) is 13.4. The van der Waals surface area contributed by atoms with Gasteiger partial charge in [0.2, 0.25) is 5.91 Å². The van der Waals surface area contributed by atoms with Gasteiger partial charge in [-0.1, -0.05) is 12.1 Å². The molecular weight excluding hydrogens is 345 g/mol. The molecule has 0 unspecified atom stereocenters. The van der Waals surface area contributed by atoms with E-state index in [1.165, 1.54) is 40.4 Å². The molecule has 4 rings (SSSR count). The van der Waals surface area contributed by atoms with Crippen molar-refractivity contribution in [1.29, 1.82) is 0 Å². The van der Waals surface area contributed by atoms with Crippen LogP contribution in [0.5, 0.6) is 0 Å². The van der Waals surface area contributed by atoms with Gasteiger partial charge in [-0.3, -0.25) is 14.5 Å². The molecule has 6 heteroatoms. The van der Waals surface area contributed by atoms with Gasteiger partial charge >= 0.3 is 0 Å². The van der Waals surface area contributed by atoms with Crippen LogP contribution in [-0.2, 0) is 9.59 Å². The van der Waals surface area contributed by atoms with Crippen LogP contribution in [-0.4, -0.2) is 48.9 Å². The molecule has 2 amide bonds. The summed E-state index contributed by atoms with van der Waals surface area (Å²) in [6.07, 6.45) is 0.181. The summed E-state index contributed by atoms with van der Waals surface area (Å²) >= 11 is 0. The molecule has 0 spiro atoms. The minimum atomic E-state index is -0.429. The van der Waals surface area contributed by atoms with Gasteiger partial charge in [0.25, 0.3) is 5.91 Å². The molecule has 2 saturated heterocycles. The molecule has 5 nitrogen and oxygen atoms in total. The summed E-state index contributed by atoms with van der Waals surface area (Å²) in [5, 5.41) is 0. The van der Waals surface area contributed by atoms with Crippen molar-refractivity contribution in [2.45, 2.75) is 19.4 Å². The van der Waals surface area contributed by atoms with Crippen molar-refractivity contribution in [3.05, 3.63) is 59.9 Å². The normalized spacial score (nSPS) is 21.2. The monoisotopic (exact) mass is 367 g/mol. The number of hydrogen-bond donors (Lipinski definition) is 0. The number of benzene rings is 2. The van der Waals surface area contributed by atoms with Gasteiger partial charge in [0.15, 0.2) is 0 Å². The molecule has 0 aromatic heterocycles. The van der Waals surface area contributed by atoms with Crippen LogP contribution >= 0.6 is 0 Å². The van der Waals surface area contributed by atoms with Crippen molar-refractivity contribution in [3.63, 3.8) is 0 Å². The highest BCUT2D eigenvalue weighted by atomic mass is 19.1. The second-order valence-corrected chi connectivity index (χ2v) is 7.13. The van der Waals surface area contributed by atoms with Crippen LogP contribution in [0.3, 0.4) is 0 Å². The highest BCUT2D eigenvalue weighted by molar-refractivity contribution is 6.22. The van der Waals surface area contributed by atoms with Crippen LogP contribution in [0.15, 0.2) is 48.5 Å². The minimum absolute atomic E-state index is 0.181. The van der Waals surface area contributed by atoms with Gasteiger partial charge in [-0.15, -0.1) is 0 Å². The Kier molecular flexibility index (Phi) is 4.66. The number of piperazine rings is 1. The lowest BCUT2D eigenvalue weighted by molar-refractivity contribution is -0.123. The first kappa shape index (κ1) is 17.7. The molecule has 140 valence electrons. The Labute approximate surface area is 158 Å². The number of anilines is 2. The maximum Gasteiger partial charge on any atom is 0.251 e. The SMILES string of the molecule is Cc1cccc(N2CCN([C@H]3CC(=O)N(c4ccc(F)cc4)C3=O)CC2)c1. The molecule has 2 aliphatic rings. The molecule has 27 heavy (non-hydrogen) atoms. The van der Waals surface area contributed by atoms with E-state index in [1.807, 2.05) is 0 Å². The predicted octanol–water partition coefficient (Wildman–Crippen LogP) is 2.59. The molecule has 0 N–H and O–H groups in total. The largest absolute Gasteiger partial charge is 0.369 e. The van der Waals surface area contributed by atoms with E-state index in [0.29, 0.717) is 5.69 Å². The number of carbonyl (C=O) groups is 2. The Morgan fingerprint density at radius 3 is 2.30 bits per heavy atom. The second kappa shape index (κ2) is 7.12. The van der Waals surface area contributed by atoms with E-state index in [-0.39, 0.29) is 24.1 Å². The van der Waals surface area contributed by atoms with Crippen molar-refractivity contribution in [2.24, 2.45) is 0 Å². The van der Waals surface area contributed by atoms with E-state index < -0.39 is 6.04 Å². The van der Waals surface area contributed by atoms with Crippen LogP contribution in [0, 0.1) is 12.7 Å². The smallest absolute Gasteiger partial charge is 0.251 e. The number of nitrogens with zero attached hydrogens (tertiary/aromatic N) is 3. The molecule has 0 aliphatic carbocycles. The Bertz CT molecular complexity index is 860. The van der Waals surface area contributed by atoms with E-state index in [9.17, 15) is 14.0 Å². The van der Waals surface area contributed by atoms with Gasteiger partial charge in [0.1, 0.15) is 5.82 Å². The maximum atomic E-state index is 13.1. The van der Waals surface area contributed by atoms with Crippen molar-refractivity contribution in [3.8, 4) is 0 Å². The van der Waals surface area contributed by atoms with Crippen LogP contribution < -0.4 is 9.80 Å². The maximum absolute atomic E-state index is 13.1.